The van der Waals surface area contributed by atoms with Crippen molar-refractivity contribution in [1.29, 1.82) is 0 Å². The molecule has 6 atom stereocenters. The van der Waals surface area contributed by atoms with Crippen molar-refractivity contribution in [2.45, 2.75) is 30.6 Å². The highest BCUT2D eigenvalue weighted by Gasteiger charge is 2.67. The van der Waals surface area contributed by atoms with Crippen molar-refractivity contribution < 1.29 is 35.1 Å². The summed E-state index contributed by atoms with van der Waals surface area (Å²) in [6.07, 6.45) is -1.51. The molecule has 1 saturated carbocycles. The molecular formula is C23H26N2O7. The maximum absolute atomic E-state index is 13.7. The van der Waals surface area contributed by atoms with Crippen molar-refractivity contribution in [1.82, 2.24) is 4.90 Å². The SMILES string of the molecule is C=C(N)C1=C(O)[C@@]2(O)C(=O)C3=C(O)c4c(O)cccc4[C@H](C)C3[C@H](O)C2[C@H](N(C)C)C1=O. The number of carbonyl (C=O) groups is 2. The van der Waals surface area contributed by atoms with E-state index in [0.29, 0.717) is 5.56 Å². The monoisotopic (exact) mass is 442 g/mol. The molecule has 0 saturated heterocycles. The van der Waals surface area contributed by atoms with Gasteiger partial charge in [0.1, 0.15) is 17.3 Å². The first kappa shape index (κ1) is 22.1. The number of nitrogens with zero attached hydrogens (tertiary/aromatic N) is 1. The fourth-order valence-electron chi connectivity index (χ4n) is 5.65. The van der Waals surface area contributed by atoms with Crippen molar-refractivity contribution in [2.75, 3.05) is 14.1 Å². The smallest absolute Gasteiger partial charge is 0.202 e. The van der Waals surface area contributed by atoms with Crippen LogP contribution in [-0.2, 0) is 9.59 Å². The van der Waals surface area contributed by atoms with Gasteiger partial charge in [0.05, 0.1) is 29.2 Å². The summed E-state index contributed by atoms with van der Waals surface area (Å²) >= 11 is 0. The number of phenolic OH excluding ortho intramolecular Hbond substituents is 1. The van der Waals surface area contributed by atoms with Gasteiger partial charge < -0.3 is 31.3 Å². The van der Waals surface area contributed by atoms with Gasteiger partial charge in [-0.1, -0.05) is 25.6 Å². The lowest BCUT2D eigenvalue weighted by atomic mass is 9.54. The zero-order chi connectivity index (χ0) is 23.9. The first-order chi connectivity index (χ1) is 14.9. The molecular weight excluding hydrogens is 416 g/mol. The van der Waals surface area contributed by atoms with E-state index in [1.807, 2.05) is 0 Å². The van der Waals surface area contributed by atoms with E-state index in [-0.39, 0.29) is 22.6 Å². The Morgan fingerprint density at radius 2 is 1.81 bits per heavy atom. The minimum absolute atomic E-state index is 0.0248. The summed E-state index contributed by atoms with van der Waals surface area (Å²) < 4.78 is 0. The number of phenols is 1. The lowest BCUT2D eigenvalue weighted by Gasteiger charge is -2.54. The second-order valence-corrected chi connectivity index (χ2v) is 8.95. The Hall–Kier alpha value is -3.14. The minimum Gasteiger partial charge on any atom is -0.508 e. The number of aliphatic hydroxyl groups is 4. The van der Waals surface area contributed by atoms with Crippen LogP contribution < -0.4 is 5.73 Å². The molecule has 0 aromatic heterocycles. The number of rotatable bonds is 2. The average molecular weight is 442 g/mol. The highest BCUT2D eigenvalue weighted by Crippen LogP contribution is 2.56. The van der Waals surface area contributed by atoms with Gasteiger partial charge in [-0.2, -0.15) is 0 Å². The van der Waals surface area contributed by atoms with Gasteiger partial charge in [0.25, 0.3) is 0 Å². The number of benzene rings is 1. The molecule has 7 N–H and O–H groups in total. The molecule has 3 aliphatic rings. The Kier molecular flexibility index (Phi) is 4.78. The summed E-state index contributed by atoms with van der Waals surface area (Å²) in [7, 11) is 3.08. The third kappa shape index (κ3) is 2.49. The van der Waals surface area contributed by atoms with Crippen molar-refractivity contribution in [2.24, 2.45) is 17.6 Å². The van der Waals surface area contributed by atoms with Gasteiger partial charge >= 0.3 is 0 Å². The number of nitrogens with two attached hydrogens (primary N) is 1. The second kappa shape index (κ2) is 6.93. The predicted molar refractivity (Wildman–Crippen MR) is 114 cm³/mol. The van der Waals surface area contributed by atoms with Crippen molar-refractivity contribution in [3.8, 4) is 5.75 Å². The van der Waals surface area contributed by atoms with Gasteiger partial charge in [-0.05, 0) is 31.6 Å². The summed E-state index contributed by atoms with van der Waals surface area (Å²) in [5.74, 6) is -6.59. The summed E-state index contributed by atoms with van der Waals surface area (Å²) in [6, 6.07) is 3.39. The highest BCUT2D eigenvalue weighted by atomic mass is 16.4. The van der Waals surface area contributed by atoms with Crippen LogP contribution in [0.25, 0.3) is 5.76 Å². The number of hydrogen-bond donors (Lipinski definition) is 6. The third-order valence-corrected chi connectivity index (χ3v) is 7.07. The van der Waals surface area contributed by atoms with E-state index in [9.17, 15) is 35.1 Å². The van der Waals surface area contributed by atoms with Crippen LogP contribution >= 0.6 is 0 Å². The fourth-order valence-corrected chi connectivity index (χ4v) is 5.65. The second-order valence-electron chi connectivity index (χ2n) is 8.95. The van der Waals surface area contributed by atoms with Crippen LogP contribution in [0.1, 0.15) is 24.0 Å². The standard InChI is InChI=1S/C23H26N2O7/c1-8-10-6-5-7-11(26)14(10)18(27)15-12(8)19(28)16-17(25(3)4)20(29)13(9(2)24)21(30)23(16,32)22(15)31/h5-8,12,16-17,19,26-28,30,32H,2,24H2,1,3-4H3/t8-,12?,16?,17-,19-,23+/m0/s1. The maximum atomic E-state index is 13.7. The number of ketones is 2. The molecule has 32 heavy (non-hydrogen) atoms. The van der Waals surface area contributed by atoms with E-state index in [4.69, 9.17) is 5.73 Å². The molecule has 0 aliphatic heterocycles. The Morgan fingerprint density at radius 1 is 1.19 bits per heavy atom. The number of allylic oxidation sites excluding steroid dienone is 1. The van der Waals surface area contributed by atoms with Gasteiger partial charge in [0.2, 0.25) is 5.78 Å². The maximum Gasteiger partial charge on any atom is 0.202 e. The predicted octanol–water partition coefficient (Wildman–Crippen LogP) is 0.483. The van der Waals surface area contributed by atoms with Crippen LogP contribution in [0.15, 0.2) is 47.4 Å². The van der Waals surface area contributed by atoms with E-state index < -0.39 is 64.2 Å². The van der Waals surface area contributed by atoms with Crippen LogP contribution in [0, 0.1) is 11.8 Å². The van der Waals surface area contributed by atoms with Crippen LogP contribution in [0.2, 0.25) is 0 Å². The number of Topliss-reactive ketones (excluding diaryl/α,β-unsaturated/α-hetero) is 2. The van der Waals surface area contributed by atoms with Gasteiger partial charge in [-0.25, -0.2) is 0 Å². The molecule has 4 rings (SSSR count). The third-order valence-electron chi connectivity index (χ3n) is 7.07. The first-order valence-corrected chi connectivity index (χ1v) is 10.2. The van der Waals surface area contributed by atoms with Crippen LogP contribution in [0.3, 0.4) is 0 Å². The molecule has 0 radical (unpaired) electrons. The molecule has 170 valence electrons. The highest BCUT2D eigenvalue weighted by molar-refractivity contribution is 6.15. The lowest BCUT2D eigenvalue weighted by molar-refractivity contribution is -0.169. The quantitative estimate of drug-likeness (QED) is 0.382. The zero-order valence-electron chi connectivity index (χ0n) is 17.9. The average Bonchev–Trinajstić information content (AvgIpc) is 2.70. The van der Waals surface area contributed by atoms with E-state index >= 15 is 0 Å². The largest absolute Gasteiger partial charge is 0.508 e. The summed E-state index contributed by atoms with van der Waals surface area (Å²) in [4.78, 5) is 28.4. The number of likely N-dealkylation sites (N-methyl/N-ethyl adjacent to an activating group) is 1. The van der Waals surface area contributed by atoms with Crippen molar-refractivity contribution in [3.05, 3.63) is 58.5 Å². The van der Waals surface area contributed by atoms with Crippen LogP contribution in [-0.4, -0.2) is 73.8 Å². The Morgan fingerprint density at radius 3 is 2.38 bits per heavy atom. The van der Waals surface area contributed by atoms with Gasteiger partial charge in [-0.3, -0.25) is 14.5 Å². The van der Waals surface area contributed by atoms with Crippen molar-refractivity contribution >= 4 is 17.3 Å². The topological polar surface area (TPSA) is 165 Å². The molecule has 0 spiro atoms. The van der Waals surface area contributed by atoms with E-state index in [1.54, 1.807) is 33.2 Å². The van der Waals surface area contributed by atoms with Crippen molar-refractivity contribution in [3.63, 3.8) is 0 Å². The summed E-state index contributed by atoms with van der Waals surface area (Å²) in [6.45, 7) is 5.19. The molecule has 1 aromatic rings. The number of hydrogen-bond acceptors (Lipinski definition) is 9. The molecule has 0 heterocycles. The molecule has 3 aliphatic carbocycles. The van der Waals surface area contributed by atoms with Gasteiger partial charge in [0, 0.05) is 17.2 Å². The number of aliphatic hydroxyl groups excluding tert-OH is 3. The number of aromatic hydroxyl groups is 1. The molecule has 0 bridgehead atoms. The number of carbonyl (C=O) groups excluding carboxylic acids is 2. The Bertz CT molecular complexity index is 1140. The van der Waals surface area contributed by atoms with E-state index in [1.165, 1.54) is 11.0 Å². The normalized spacial score (nSPS) is 34.4. The molecule has 9 nitrogen and oxygen atoms in total. The molecule has 2 unspecified atom stereocenters. The lowest BCUT2D eigenvalue weighted by Crippen LogP contribution is -2.70. The van der Waals surface area contributed by atoms with Crippen LogP contribution in [0.4, 0.5) is 0 Å². The molecule has 9 heteroatoms. The first-order valence-electron chi connectivity index (χ1n) is 10.2. The van der Waals surface area contributed by atoms with Crippen LogP contribution in [0.5, 0.6) is 5.75 Å². The number of fused-ring (bicyclic) bond motifs is 3. The summed E-state index contributed by atoms with van der Waals surface area (Å²) in [5, 5.41) is 55.3. The Labute approximate surface area is 184 Å². The van der Waals surface area contributed by atoms with E-state index in [2.05, 4.69) is 6.58 Å². The molecule has 0 amide bonds. The molecule has 1 aromatic carbocycles. The fraction of sp³-hybridized carbons (Fsp3) is 0.391. The minimum atomic E-state index is -2.73. The van der Waals surface area contributed by atoms with E-state index in [0.717, 1.165) is 0 Å². The summed E-state index contributed by atoms with van der Waals surface area (Å²) in [5.41, 5.74) is 2.35. The van der Waals surface area contributed by atoms with Gasteiger partial charge in [0.15, 0.2) is 11.4 Å². The van der Waals surface area contributed by atoms with Gasteiger partial charge in [-0.15, -0.1) is 0 Å². The zero-order valence-corrected chi connectivity index (χ0v) is 17.9. The Balaban J connectivity index is 2.07. The molecule has 1 fully saturated rings.